The van der Waals surface area contributed by atoms with E-state index in [1.165, 1.54) is 29.7 Å². The number of anilines is 1. The summed E-state index contributed by atoms with van der Waals surface area (Å²) in [7, 11) is 0. The number of benzene rings is 1. The van der Waals surface area contributed by atoms with Gasteiger partial charge in [-0.15, -0.1) is 0 Å². The summed E-state index contributed by atoms with van der Waals surface area (Å²) < 4.78 is 0. The minimum absolute atomic E-state index is 0.614. The highest BCUT2D eigenvalue weighted by Gasteiger charge is 2.17. The number of para-hydroxylation sites is 1. The van der Waals surface area contributed by atoms with Gasteiger partial charge in [0.1, 0.15) is 0 Å². The molecule has 0 fully saturated rings. The van der Waals surface area contributed by atoms with Crippen LogP contribution in [0, 0.1) is 0 Å². The normalized spacial score (nSPS) is 20.4. The lowest BCUT2D eigenvalue weighted by Crippen LogP contribution is -2.23. The van der Waals surface area contributed by atoms with Crippen LogP contribution in [0.15, 0.2) is 18.2 Å². The quantitative estimate of drug-likeness (QED) is 0.712. The Morgan fingerprint density at radius 2 is 2.14 bits per heavy atom. The maximum atomic E-state index is 3.61. The Hall–Kier alpha value is -0.980. The molecule has 76 valence electrons. The van der Waals surface area contributed by atoms with Gasteiger partial charge in [-0.2, -0.15) is 0 Å². The molecular weight excluding hydrogens is 170 g/mol. The van der Waals surface area contributed by atoms with Gasteiger partial charge in [-0.1, -0.05) is 32.0 Å². The van der Waals surface area contributed by atoms with Crippen LogP contribution >= 0.6 is 0 Å². The van der Waals surface area contributed by atoms with Crippen molar-refractivity contribution in [3.8, 4) is 0 Å². The fourth-order valence-corrected chi connectivity index (χ4v) is 2.18. The molecule has 0 unspecified atom stereocenters. The fraction of sp³-hybridized carbons (Fsp3) is 0.538. The van der Waals surface area contributed by atoms with E-state index >= 15 is 0 Å². The zero-order valence-corrected chi connectivity index (χ0v) is 9.30. The van der Waals surface area contributed by atoms with Crippen LogP contribution in [0.3, 0.4) is 0 Å². The molecule has 1 nitrogen and oxygen atoms in total. The molecule has 1 aromatic rings. The molecule has 1 heteroatoms. The third-order valence-electron chi connectivity index (χ3n) is 3.04. The number of nitrogens with one attached hydrogen (secondary N) is 1. The van der Waals surface area contributed by atoms with Gasteiger partial charge in [0.15, 0.2) is 0 Å². The zero-order valence-electron chi connectivity index (χ0n) is 9.30. The lowest BCUT2D eigenvalue weighted by Gasteiger charge is -2.27. The van der Waals surface area contributed by atoms with Crippen molar-refractivity contribution >= 4 is 5.69 Å². The first-order chi connectivity index (χ1) is 6.68. The smallest absolute Gasteiger partial charge is 0.0409 e. The van der Waals surface area contributed by atoms with E-state index < -0.39 is 0 Å². The summed E-state index contributed by atoms with van der Waals surface area (Å²) >= 11 is 0. The van der Waals surface area contributed by atoms with Crippen LogP contribution in [-0.2, 0) is 6.42 Å². The van der Waals surface area contributed by atoms with Crippen molar-refractivity contribution in [3.63, 3.8) is 0 Å². The van der Waals surface area contributed by atoms with Crippen LogP contribution in [-0.4, -0.2) is 6.04 Å². The molecule has 1 aliphatic heterocycles. The first-order valence-corrected chi connectivity index (χ1v) is 5.57. The van der Waals surface area contributed by atoms with Crippen molar-refractivity contribution in [1.82, 2.24) is 0 Å². The van der Waals surface area contributed by atoms with Crippen LogP contribution in [0.1, 0.15) is 44.2 Å². The predicted octanol–water partition coefficient (Wildman–Crippen LogP) is 3.56. The molecule has 0 aliphatic carbocycles. The molecule has 0 spiro atoms. The lowest BCUT2D eigenvalue weighted by molar-refractivity contribution is 0.675. The summed E-state index contributed by atoms with van der Waals surface area (Å²) in [4.78, 5) is 0. The van der Waals surface area contributed by atoms with Crippen LogP contribution in [0.2, 0.25) is 0 Å². The van der Waals surface area contributed by atoms with Gasteiger partial charge >= 0.3 is 0 Å². The molecule has 1 N–H and O–H groups in total. The fourth-order valence-electron chi connectivity index (χ4n) is 2.18. The second-order valence-corrected chi connectivity index (χ2v) is 4.62. The lowest BCUT2D eigenvalue weighted by atomic mass is 9.91. The minimum Gasteiger partial charge on any atom is -0.382 e. The Labute approximate surface area is 86.5 Å². The van der Waals surface area contributed by atoms with Gasteiger partial charge in [0.25, 0.3) is 0 Å². The number of fused-ring (bicyclic) bond motifs is 1. The zero-order chi connectivity index (χ0) is 10.1. The maximum Gasteiger partial charge on any atom is 0.0409 e. The molecule has 2 rings (SSSR count). The Morgan fingerprint density at radius 3 is 2.86 bits per heavy atom. The van der Waals surface area contributed by atoms with Crippen molar-refractivity contribution in [2.24, 2.45) is 0 Å². The van der Waals surface area contributed by atoms with Crippen molar-refractivity contribution in [3.05, 3.63) is 29.3 Å². The molecule has 1 atom stereocenters. The Balaban J connectivity index is 2.43. The number of aryl methyl sites for hydroxylation is 1. The third-order valence-corrected chi connectivity index (χ3v) is 3.04. The van der Waals surface area contributed by atoms with E-state index in [1.54, 1.807) is 0 Å². The number of rotatable bonds is 1. The standard InChI is InChI=1S/C13H19N/c1-9(2)12-6-4-5-11-8-7-10(3)14-13(11)12/h4-6,9-10,14H,7-8H2,1-3H3/t10-/m1/s1. The minimum atomic E-state index is 0.614. The van der Waals surface area contributed by atoms with Crippen molar-refractivity contribution in [1.29, 1.82) is 0 Å². The topological polar surface area (TPSA) is 12.0 Å². The van der Waals surface area contributed by atoms with Crippen LogP contribution < -0.4 is 5.32 Å². The van der Waals surface area contributed by atoms with Gasteiger partial charge in [0.05, 0.1) is 0 Å². The van der Waals surface area contributed by atoms with Gasteiger partial charge < -0.3 is 5.32 Å². The van der Waals surface area contributed by atoms with E-state index in [9.17, 15) is 0 Å². The van der Waals surface area contributed by atoms with E-state index in [0.29, 0.717) is 12.0 Å². The molecule has 0 amide bonds. The van der Waals surface area contributed by atoms with E-state index in [0.717, 1.165) is 0 Å². The maximum absolute atomic E-state index is 3.61. The van der Waals surface area contributed by atoms with Crippen LogP contribution in [0.25, 0.3) is 0 Å². The first kappa shape index (κ1) is 9.57. The summed E-state index contributed by atoms with van der Waals surface area (Å²) in [5, 5.41) is 3.61. The molecule has 14 heavy (non-hydrogen) atoms. The van der Waals surface area contributed by atoms with Crippen molar-refractivity contribution < 1.29 is 0 Å². The summed E-state index contributed by atoms with van der Waals surface area (Å²) in [6.45, 7) is 6.78. The van der Waals surface area contributed by atoms with Crippen LogP contribution in [0.5, 0.6) is 0 Å². The van der Waals surface area contributed by atoms with Gasteiger partial charge in [0.2, 0.25) is 0 Å². The largest absolute Gasteiger partial charge is 0.382 e. The van der Waals surface area contributed by atoms with Gasteiger partial charge in [-0.05, 0) is 36.8 Å². The molecule has 0 aromatic heterocycles. The molecule has 1 heterocycles. The highest BCUT2D eigenvalue weighted by Crippen LogP contribution is 2.32. The SMILES string of the molecule is CC(C)c1cccc2c1N[C@H](C)CC2. The predicted molar refractivity (Wildman–Crippen MR) is 61.9 cm³/mol. The molecular formula is C13H19N. The van der Waals surface area contributed by atoms with Gasteiger partial charge in [0, 0.05) is 11.7 Å². The van der Waals surface area contributed by atoms with Crippen LogP contribution in [0.4, 0.5) is 5.69 Å². The molecule has 1 aromatic carbocycles. The van der Waals surface area contributed by atoms with Gasteiger partial charge in [-0.3, -0.25) is 0 Å². The van der Waals surface area contributed by atoms with Gasteiger partial charge in [-0.25, -0.2) is 0 Å². The second kappa shape index (κ2) is 3.64. The Bertz CT molecular complexity index is 328. The summed E-state index contributed by atoms with van der Waals surface area (Å²) in [6, 6.07) is 7.31. The summed E-state index contributed by atoms with van der Waals surface area (Å²) in [5.41, 5.74) is 4.37. The summed E-state index contributed by atoms with van der Waals surface area (Å²) in [6.07, 6.45) is 2.48. The average Bonchev–Trinajstić information content (AvgIpc) is 2.16. The van der Waals surface area contributed by atoms with Crippen molar-refractivity contribution in [2.75, 3.05) is 5.32 Å². The first-order valence-electron chi connectivity index (χ1n) is 5.57. The average molecular weight is 189 g/mol. The van der Waals surface area contributed by atoms with E-state index in [4.69, 9.17) is 0 Å². The van der Waals surface area contributed by atoms with E-state index in [-0.39, 0.29) is 0 Å². The number of hydrogen-bond donors (Lipinski definition) is 1. The van der Waals surface area contributed by atoms with Crippen molar-refractivity contribution in [2.45, 2.75) is 45.6 Å². The molecule has 0 bridgehead atoms. The third kappa shape index (κ3) is 1.63. The van der Waals surface area contributed by atoms with E-state index in [1.807, 2.05) is 0 Å². The molecule has 1 aliphatic rings. The summed E-state index contributed by atoms with van der Waals surface area (Å²) in [5.74, 6) is 0.614. The highest BCUT2D eigenvalue weighted by molar-refractivity contribution is 5.60. The monoisotopic (exact) mass is 189 g/mol. The molecule has 0 saturated carbocycles. The second-order valence-electron chi connectivity index (χ2n) is 4.62. The van der Waals surface area contributed by atoms with E-state index in [2.05, 4.69) is 44.3 Å². The highest BCUT2D eigenvalue weighted by atomic mass is 14.9. The molecule has 0 radical (unpaired) electrons. The Morgan fingerprint density at radius 1 is 1.36 bits per heavy atom. The number of hydrogen-bond acceptors (Lipinski definition) is 1. The molecule has 0 saturated heterocycles. The Kier molecular flexibility index (Phi) is 2.49.